The van der Waals surface area contributed by atoms with E-state index in [1.165, 1.54) is 0 Å². The second kappa shape index (κ2) is 6.52. The Hall–Kier alpha value is -1.62. The number of nitrogens with one attached hydrogen (secondary N) is 1. The van der Waals surface area contributed by atoms with Crippen LogP contribution in [0.25, 0.3) is 0 Å². The molecule has 0 atom stereocenters. The quantitative estimate of drug-likeness (QED) is 0.861. The van der Waals surface area contributed by atoms with Crippen LogP contribution in [0.5, 0.6) is 0 Å². The first-order valence-corrected chi connectivity index (χ1v) is 6.96. The Bertz CT molecular complexity index is 565. The maximum Gasteiger partial charge on any atom is 0.251 e. The predicted molar refractivity (Wildman–Crippen MR) is 78.1 cm³/mol. The molecule has 0 aliphatic heterocycles. The van der Waals surface area contributed by atoms with E-state index in [0.717, 1.165) is 23.1 Å². The summed E-state index contributed by atoms with van der Waals surface area (Å²) in [5.41, 5.74) is 1.69. The number of halogens is 1. The van der Waals surface area contributed by atoms with Gasteiger partial charge in [0.15, 0.2) is 0 Å². The molecule has 0 aliphatic rings. The number of carbonyl (C=O) groups excluding carboxylic acids is 1. The van der Waals surface area contributed by atoms with Gasteiger partial charge in [-0.2, -0.15) is 0 Å². The Morgan fingerprint density at radius 1 is 1.47 bits per heavy atom. The molecule has 100 valence electrons. The second-order valence-corrected chi connectivity index (χ2v) is 5.29. The van der Waals surface area contributed by atoms with E-state index < -0.39 is 0 Å². The number of rotatable bonds is 5. The van der Waals surface area contributed by atoms with Crippen molar-refractivity contribution < 1.29 is 4.79 Å². The van der Waals surface area contributed by atoms with Crippen LogP contribution in [-0.4, -0.2) is 22.0 Å². The van der Waals surface area contributed by atoms with E-state index in [2.05, 4.69) is 26.2 Å². The first-order chi connectivity index (χ1) is 9.15. The standard InChI is InChI=1S/C14H16BrN3O/c1-11-9-18(10-17-11)7-3-6-16-14(19)12-4-2-5-13(15)8-12/h2,4-5,8-10H,3,6-7H2,1H3,(H,16,19). The predicted octanol–water partition coefficient (Wildman–Crippen LogP) is 2.77. The van der Waals surface area contributed by atoms with Crippen LogP contribution in [-0.2, 0) is 6.54 Å². The topological polar surface area (TPSA) is 46.9 Å². The number of hydrogen-bond acceptors (Lipinski definition) is 2. The van der Waals surface area contributed by atoms with Gasteiger partial charge in [-0.25, -0.2) is 4.98 Å². The summed E-state index contributed by atoms with van der Waals surface area (Å²) in [6, 6.07) is 7.37. The number of imidazole rings is 1. The van der Waals surface area contributed by atoms with E-state index in [9.17, 15) is 4.79 Å². The fourth-order valence-electron chi connectivity index (χ4n) is 1.79. The molecule has 19 heavy (non-hydrogen) atoms. The molecule has 1 aromatic heterocycles. The van der Waals surface area contributed by atoms with Crippen LogP contribution >= 0.6 is 15.9 Å². The zero-order chi connectivity index (χ0) is 13.7. The highest BCUT2D eigenvalue weighted by Crippen LogP contribution is 2.11. The van der Waals surface area contributed by atoms with Crippen molar-refractivity contribution in [1.29, 1.82) is 0 Å². The smallest absolute Gasteiger partial charge is 0.251 e. The van der Waals surface area contributed by atoms with Gasteiger partial charge in [-0.05, 0) is 31.5 Å². The van der Waals surface area contributed by atoms with Crippen LogP contribution < -0.4 is 5.32 Å². The first-order valence-electron chi connectivity index (χ1n) is 6.17. The lowest BCUT2D eigenvalue weighted by Crippen LogP contribution is -2.25. The molecule has 1 amide bonds. The molecule has 0 aliphatic carbocycles. The Balaban J connectivity index is 1.75. The molecule has 0 spiro atoms. The third kappa shape index (κ3) is 4.21. The molecule has 0 saturated carbocycles. The zero-order valence-corrected chi connectivity index (χ0v) is 12.4. The molecule has 4 nitrogen and oxygen atoms in total. The minimum absolute atomic E-state index is 0.0388. The van der Waals surface area contributed by atoms with Gasteiger partial charge >= 0.3 is 0 Å². The molecular weight excluding hydrogens is 306 g/mol. The van der Waals surface area contributed by atoms with Crippen molar-refractivity contribution in [2.45, 2.75) is 19.9 Å². The van der Waals surface area contributed by atoms with E-state index in [1.807, 2.05) is 42.2 Å². The molecule has 1 aromatic carbocycles. The Morgan fingerprint density at radius 2 is 2.32 bits per heavy atom. The van der Waals surface area contributed by atoms with Gasteiger partial charge in [0.05, 0.1) is 12.0 Å². The lowest BCUT2D eigenvalue weighted by molar-refractivity contribution is 0.0952. The van der Waals surface area contributed by atoms with Crippen LogP contribution in [0.4, 0.5) is 0 Å². The summed E-state index contributed by atoms with van der Waals surface area (Å²) < 4.78 is 2.94. The van der Waals surface area contributed by atoms with E-state index in [1.54, 1.807) is 6.07 Å². The highest BCUT2D eigenvalue weighted by Gasteiger charge is 2.04. The van der Waals surface area contributed by atoms with E-state index in [0.29, 0.717) is 12.1 Å². The molecule has 2 rings (SSSR count). The number of nitrogens with zero attached hydrogens (tertiary/aromatic N) is 2. The molecule has 0 radical (unpaired) electrons. The largest absolute Gasteiger partial charge is 0.352 e. The maximum absolute atomic E-state index is 11.9. The Labute approximate surface area is 121 Å². The average Bonchev–Trinajstić information content (AvgIpc) is 2.80. The van der Waals surface area contributed by atoms with Crippen molar-refractivity contribution in [3.63, 3.8) is 0 Å². The van der Waals surface area contributed by atoms with Crippen LogP contribution in [0, 0.1) is 6.92 Å². The van der Waals surface area contributed by atoms with Gasteiger partial charge in [0.1, 0.15) is 0 Å². The van der Waals surface area contributed by atoms with Crippen molar-refractivity contribution in [1.82, 2.24) is 14.9 Å². The molecule has 0 bridgehead atoms. The molecule has 0 fully saturated rings. The highest BCUT2D eigenvalue weighted by atomic mass is 79.9. The van der Waals surface area contributed by atoms with Crippen molar-refractivity contribution in [3.8, 4) is 0 Å². The number of carbonyl (C=O) groups is 1. The number of benzene rings is 1. The average molecular weight is 322 g/mol. The lowest BCUT2D eigenvalue weighted by atomic mass is 10.2. The van der Waals surface area contributed by atoms with E-state index in [4.69, 9.17) is 0 Å². The summed E-state index contributed by atoms with van der Waals surface area (Å²) in [6.45, 7) is 3.48. The zero-order valence-electron chi connectivity index (χ0n) is 10.8. The van der Waals surface area contributed by atoms with Crippen molar-refractivity contribution in [2.75, 3.05) is 6.54 Å². The highest BCUT2D eigenvalue weighted by molar-refractivity contribution is 9.10. The maximum atomic E-state index is 11.9. The van der Waals surface area contributed by atoms with Gasteiger partial charge in [-0.15, -0.1) is 0 Å². The van der Waals surface area contributed by atoms with Gasteiger partial charge in [-0.3, -0.25) is 4.79 Å². The van der Waals surface area contributed by atoms with Gasteiger partial charge in [0.25, 0.3) is 5.91 Å². The molecule has 1 N–H and O–H groups in total. The number of aromatic nitrogens is 2. The Morgan fingerprint density at radius 3 is 3.00 bits per heavy atom. The number of aryl methyl sites for hydroxylation is 2. The van der Waals surface area contributed by atoms with Crippen LogP contribution in [0.15, 0.2) is 41.3 Å². The summed E-state index contributed by atoms with van der Waals surface area (Å²) in [4.78, 5) is 16.0. The molecule has 0 unspecified atom stereocenters. The van der Waals surface area contributed by atoms with Gasteiger partial charge in [0.2, 0.25) is 0 Å². The molecule has 2 aromatic rings. The number of amides is 1. The summed E-state index contributed by atoms with van der Waals surface area (Å²) in [5, 5.41) is 2.91. The van der Waals surface area contributed by atoms with Crippen LogP contribution in [0.3, 0.4) is 0 Å². The third-order valence-electron chi connectivity index (χ3n) is 2.73. The Kier molecular flexibility index (Phi) is 4.74. The summed E-state index contributed by atoms with van der Waals surface area (Å²) in [5.74, 6) is -0.0388. The van der Waals surface area contributed by atoms with Gasteiger partial charge < -0.3 is 9.88 Å². The number of hydrogen-bond donors (Lipinski definition) is 1. The van der Waals surface area contributed by atoms with Gasteiger partial charge in [0, 0.05) is 29.3 Å². The molecule has 5 heteroatoms. The molecule has 0 saturated heterocycles. The fourth-order valence-corrected chi connectivity index (χ4v) is 2.19. The normalized spacial score (nSPS) is 10.4. The summed E-state index contributed by atoms with van der Waals surface area (Å²) in [7, 11) is 0. The van der Waals surface area contributed by atoms with Crippen LogP contribution in [0.2, 0.25) is 0 Å². The van der Waals surface area contributed by atoms with Gasteiger partial charge in [-0.1, -0.05) is 22.0 Å². The van der Waals surface area contributed by atoms with Crippen LogP contribution in [0.1, 0.15) is 22.5 Å². The van der Waals surface area contributed by atoms with Crippen molar-refractivity contribution in [3.05, 3.63) is 52.5 Å². The minimum Gasteiger partial charge on any atom is -0.352 e. The third-order valence-corrected chi connectivity index (χ3v) is 3.22. The molecular formula is C14H16BrN3O. The molecule has 1 heterocycles. The fraction of sp³-hybridized carbons (Fsp3) is 0.286. The van der Waals surface area contributed by atoms with E-state index in [-0.39, 0.29) is 5.91 Å². The second-order valence-electron chi connectivity index (χ2n) is 4.37. The van der Waals surface area contributed by atoms with Crippen molar-refractivity contribution in [2.24, 2.45) is 0 Å². The van der Waals surface area contributed by atoms with Crippen molar-refractivity contribution >= 4 is 21.8 Å². The monoisotopic (exact) mass is 321 g/mol. The summed E-state index contributed by atoms with van der Waals surface area (Å²) in [6.07, 6.45) is 4.69. The SMILES string of the molecule is Cc1cn(CCCNC(=O)c2cccc(Br)c2)cn1. The summed E-state index contributed by atoms with van der Waals surface area (Å²) >= 11 is 3.35. The first kappa shape index (κ1) is 13.8. The van der Waals surface area contributed by atoms with E-state index >= 15 is 0 Å². The minimum atomic E-state index is -0.0388. The lowest BCUT2D eigenvalue weighted by Gasteiger charge is -2.06.